The van der Waals surface area contributed by atoms with E-state index in [1.54, 1.807) is 12.4 Å². The number of rotatable bonds is 4. The third-order valence-electron chi connectivity index (χ3n) is 2.82. The van der Waals surface area contributed by atoms with Crippen molar-refractivity contribution in [2.24, 2.45) is 0 Å². The molecule has 108 valence electrons. The molecular weight excluding hydrogens is 246 g/mol. The summed E-state index contributed by atoms with van der Waals surface area (Å²) in [7, 11) is 0. The van der Waals surface area contributed by atoms with Gasteiger partial charge in [0.1, 0.15) is 5.82 Å². The topological polar surface area (TPSA) is 52.5 Å². The van der Waals surface area contributed by atoms with Crippen LogP contribution in [0, 0.1) is 5.41 Å². The fourth-order valence-electron chi connectivity index (χ4n) is 1.86. The summed E-state index contributed by atoms with van der Waals surface area (Å²) >= 11 is 0. The van der Waals surface area contributed by atoms with Crippen molar-refractivity contribution in [3.8, 4) is 0 Å². The first-order valence-corrected chi connectivity index (χ1v) is 7.38. The first-order valence-electron chi connectivity index (χ1n) is 7.38. The van der Waals surface area contributed by atoms with Crippen molar-refractivity contribution in [2.75, 3.05) is 0 Å². The Morgan fingerprint density at radius 1 is 1.35 bits per heavy atom. The van der Waals surface area contributed by atoms with Crippen LogP contribution in [0.1, 0.15) is 52.3 Å². The second-order valence-electron chi connectivity index (χ2n) is 4.72. The Labute approximate surface area is 122 Å². The maximum atomic E-state index is 8.21. The lowest BCUT2D eigenvalue weighted by Crippen LogP contribution is -2.05. The molecule has 2 rings (SSSR count). The van der Waals surface area contributed by atoms with E-state index in [0.29, 0.717) is 5.71 Å². The molecule has 1 aliphatic carbocycles. The minimum absolute atomic E-state index is 0.611. The number of hydrogen-bond acceptors (Lipinski definition) is 2. The summed E-state index contributed by atoms with van der Waals surface area (Å²) < 4.78 is 0. The monoisotopic (exact) mass is 271 g/mol. The zero-order chi connectivity index (χ0) is 14.8. The molecule has 2 N–H and O–H groups in total. The van der Waals surface area contributed by atoms with Crippen molar-refractivity contribution < 1.29 is 0 Å². The van der Waals surface area contributed by atoms with Gasteiger partial charge in [0, 0.05) is 12.4 Å². The molecule has 0 atom stereocenters. The normalized spacial score (nSPS) is 14.3. The van der Waals surface area contributed by atoms with Crippen LogP contribution in [-0.2, 0) is 0 Å². The van der Waals surface area contributed by atoms with Crippen LogP contribution in [0.2, 0.25) is 0 Å². The highest BCUT2D eigenvalue weighted by molar-refractivity contribution is 6.14. The predicted molar refractivity (Wildman–Crippen MR) is 87.0 cm³/mol. The van der Waals surface area contributed by atoms with E-state index in [1.807, 2.05) is 12.2 Å². The van der Waals surface area contributed by atoms with Crippen LogP contribution in [-0.4, -0.2) is 15.7 Å². The van der Waals surface area contributed by atoms with Gasteiger partial charge in [-0.2, -0.15) is 0 Å². The largest absolute Gasteiger partial charge is 0.345 e. The van der Waals surface area contributed by atoms with Gasteiger partial charge in [-0.25, -0.2) is 4.98 Å². The lowest BCUT2D eigenvalue weighted by molar-refractivity contribution is 1.03. The van der Waals surface area contributed by atoms with Crippen molar-refractivity contribution in [3.05, 3.63) is 47.6 Å². The van der Waals surface area contributed by atoms with Crippen molar-refractivity contribution >= 4 is 11.8 Å². The van der Waals surface area contributed by atoms with E-state index in [0.717, 1.165) is 36.2 Å². The van der Waals surface area contributed by atoms with E-state index >= 15 is 0 Å². The molecule has 20 heavy (non-hydrogen) atoms. The van der Waals surface area contributed by atoms with Gasteiger partial charge >= 0.3 is 0 Å². The van der Waals surface area contributed by atoms with Crippen LogP contribution in [0.3, 0.4) is 0 Å². The average molecular weight is 271 g/mol. The van der Waals surface area contributed by atoms with E-state index in [9.17, 15) is 0 Å². The minimum Gasteiger partial charge on any atom is -0.345 e. The molecule has 0 saturated heterocycles. The summed E-state index contributed by atoms with van der Waals surface area (Å²) in [5.74, 6) is 0.812. The Kier molecular flexibility index (Phi) is 7.33. The standard InChI is InChI=1S/C14H17N3.C3H8/c1-2-11(10-13-16-8-9-17-13)14(15)12-6-4-3-5-7-12;1-3-2/h4,6-10,15H,2-3,5H2,1H3,(H,16,17);3H2,1-2H3/b11-10-,15-14?;. The van der Waals surface area contributed by atoms with E-state index in [4.69, 9.17) is 5.41 Å². The minimum atomic E-state index is 0.611. The fourth-order valence-corrected chi connectivity index (χ4v) is 1.86. The molecule has 0 saturated carbocycles. The van der Waals surface area contributed by atoms with Crippen LogP contribution in [0.4, 0.5) is 0 Å². The van der Waals surface area contributed by atoms with E-state index in [-0.39, 0.29) is 0 Å². The Morgan fingerprint density at radius 2 is 2.10 bits per heavy atom. The van der Waals surface area contributed by atoms with Crippen LogP contribution in [0.15, 0.2) is 41.8 Å². The van der Waals surface area contributed by atoms with Crippen LogP contribution in [0.5, 0.6) is 0 Å². The molecule has 0 bridgehead atoms. The van der Waals surface area contributed by atoms with Gasteiger partial charge in [0.25, 0.3) is 0 Å². The maximum Gasteiger partial charge on any atom is 0.130 e. The second kappa shape index (κ2) is 9.08. The number of nitrogens with zero attached hydrogens (tertiary/aromatic N) is 1. The van der Waals surface area contributed by atoms with Crippen molar-refractivity contribution in [1.29, 1.82) is 5.41 Å². The van der Waals surface area contributed by atoms with Crippen molar-refractivity contribution in [2.45, 2.75) is 46.5 Å². The second-order valence-corrected chi connectivity index (χ2v) is 4.72. The van der Waals surface area contributed by atoms with Gasteiger partial charge in [0.05, 0.1) is 5.71 Å². The van der Waals surface area contributed by atoms with Crippen molar-refractivity contribution in [3.63, 3.8) is 0 Å². The summed E-state index contributed by atoms with van der Waals surface area (Å²) in [5, 5.41) is 8.21. The molecule has 0 amide bonds. The number of H-pyrrole nitrogens is 1. The third-order valence-corrected chi connectivity index (χ3v) is 2.82. The number of hydrogen-bond donors (Lipinski definition) is 2. The Hall–Kier alpha value is -1.90. The predicted octanol–water partition coefficient (Wildman–Crippen LogP) is 4.92. The van der Waals surface area contributed by atoms with Gasteiger partial charge in [0.15, 0.2) is 0 Å². The number of aromatic amines is 1. The quantitative estimate of drug-likeness (QED) is 0.751. The molecule has 1 aliphatic rings. The van der Waals surface area contributed by atoms with Crippen LogP contribution in [0.25, 0.3) is 6.08 Å². The molecule has 0 aromatic carbocycles. The number of aromatic nitrogens is 2. The molecule has 3 nitrogen and oxygen atoms in total. The molecule has 0 fully saturated rings. The number of allylic oxidation sites excluding steroid dienone is 5. The average Bonchev–Trinajstić information content (AvgIpc) is 2.99. The summed E-state index contributed by atoms with van der Waals surface area (Å²) in [6.07, 6.45) is 16.0. The van der Waals surface area contributed by atoms with Gasteiger partial charge in [-0.1, -0.05) is 45.4 Å². The lowest BCUT2D eigenvalue weighted by atomic mass is 9.96. The van der Waals surface area contributed by atoms with Crippen LogP contribution >= 0.6 is 0 Å². The number of imidazole rings is 1. The maximum absolute atomic E-state index is 8.21. The summed E-state index contributed by atoms with van der Waals surface area (Å²) in [6, 6.07) is 0. The van der Waals surface area contributed by atoms with E-state index < -0.39 is 0 Å². The third kappa shape index (κ3) is 5.00. The molecule has 0 aliphatic heterocycles. The summed E-state index contributed by atoms with van der Waals surface area (Å²) in [5.41, 5.74) is 2.65. The zero-order valence-corrected chi connectivity index (χ0v) is 12.7. The highest BCUT2D eigenvalue weighted by atomic mass is 14.9. The van der Waals surface area contributed by atoms with Gasteiger partial charge < -0.3 is 4.98 Å². The van der Waals surface area contributed by atoms with Crippen molar-refractivity contribution in [1.82, 2.24) is 9.97 Å². The Morgan fingerprint density at radius 3 is 2.60 bits per heavy atom. The molecule has 1 aromatic rings. The van der Waals surface area contributed by atoms with Crippen LogP contribution < -0.4 is 0 Å². The lowest BCUT2D eigenvalue weighted by Gasteiger charge is -2.10. The van der Waals surface area contributed by atoms with Gasteiger partial charge in [-0.3, -0.25) is 5.41 Å². The number of nitrogens with one attached hydrogen (secondary N) is 2. The SMILES string of the molecule is CC/C(=C/c1ncc[nH]1)C(=N)C1=CCCC=C1.CCC. The molecule has 0 radical (unpaired) electrons. The fraction of sp³-hybridized carbons (Fsp3) is 0.412. The first-order chi connectivity index (χ1) is 9.72. The van der Waals surface area contributed by atoms with E-state index in [2.05, 4.69) is 42.9 Å². The molecular formula is C17H25N3. The Balaban J connectivity index is 0.000000612. The molecule has 1 heterocycles. The highest BCUT2D eigenvalue weighted by Gasteiger charge is 2.09. The molecule has 0 unspecified atom stereocenters. The van der Waals surface area contributed by atoms with Gasteiger partial charge in [-0.05, 0) is 36.5 Å². The smallest absolute Gasteiger partial charge is 0.130 e. The molecule has 3 heteroatoms. The highest BCUT2D eigenvalue weighted by Crippen LogP contribution is 2.18. The van der Waals surface area contributed by atoms with E-state index in [1.165, 1.54) is 6.42 Å². The molecule has 1 aromatic heterocycles. The zero-order valence-electron chi connectivity index (χ0n) is 12.7. The first kappa shape index (κ1) is 16.2. The van der Waals surface area contributed by atoms with Gasteiger partial charge in [-0.15, -0.1) is 0 Å². The summed E-state index contributed by atoms with van der Waals surface area (Å²) in [6.45, 7) is 6.32. The van der Waals surface area contributed by atoms with Gasteiger partial charge in [0.2, 0.25) is 0 Å². The molecule has 0 spiro atoms. The Bertz CT molecular complexity index is 490. The summed E-state index contributed by atoms with van der Waals surface area (Å²) in [4.78, 5) is 7.20.